The van der Waals surface area contributed by atoms with Crippen molar-refractivity contribution < 1.29 is 22.4 Å². The highest BCUT2D eigenvalue weighted by molar-refractivity contribution is 7.17. The van der Waals surface area contributed by atoms with E-state index in [4.69, 9.17) is 0 Å². The molecule has 2 aromatic heterocycles. The molecule has 0 saturated heterocycles. The minimum absolute atomic E-state index is 0.00841. The zero-order valence-corrected chi connectivity index (χ0v) is 15.7. The van der Waals surface area contributed by atoms with Crippen LogP contribution in [0.4, 0.5) is 17.6 Å². The summed E-state index contributed by atoms with van der Waals surface area (Å²) in [5, 5.41) is 2.48. The van der Waals surface area contributed by atoms with Crippen molar-refractivity contribution >= 4 is 22.2 Å². The first-order valence-corrected chi connectivity index (χ1v) is 8.99. The summed E-state index contributed by atoms with van der Waals surface area (Å²) in [6, 6.07) is 4.15. The van der Waals surface area contributed by atoms with Crippen LogP contribution < -0.4 is 10.9 Å². The van der Waals surface area contributed by atoms with E-state index >= 15 is 0 Å². The molecule has 1 amide bonds. The van der Waals surface area contributed by atoms with Crippen molar-refractivity contribution in [2.24, 2.45) is 0 Å². The summed E-state index contributed by atoms with van der Waals surface area (Å²) in [5.41, 5.74) is -1.40. The molecule has 1 aromatic carbocycles. The number of fused-ring (bicyclic) bond motifs is 1. The Bertz CT molecular complexity index is 1120. The van der Waals surface area contributed by atoms with Crippen molar-refractivity contribution in [1.82, 2.24) is 14.7 Å². The molecule has 0 fully saturated rings. The van der Waals surface area contributed by atoms with Gasteiger partial charge < -0.3 is 5.32 Å². The molecule has 1 N–H and O–H groups in total. The van der Waals surface area contributed by atoms with E-state index in [2.05, 4.69) is 10.3 Å². The summed E-state index contributed by atoms with van der Waals surface area (Å²) in [6.45, 7) is 1.74. The molecule has 148 valence electrons. The number of benzene rings is 1. The lowest BCUT2D eigenvalue weighted by Gasteiger charge is -2.11. The Kier molecular flexibility index (Phi) is 5.24. The number of carbonyl (C=O) groups is 1. The van der Waals surface area contributed by atoms with Crippen LogP contribution in [0.5, 0.6) is 0 Å². The number of hydrogen-bond donors (Lipinski definition) is 1. The minimum atomic E-state index is -4.81. The van der Waals surface area contributed by atoms with Gasteiger partial charge in [0.25, 0.3) is 5.56 Å². The molecule has 2 heterocycles. The van der Waals surface area contributed by atoms with Gasteiger partial charge in [0.2, 0.25) is 5.91 Å². The van der Waals surface area contributed by atoms with Crippen LogP contribution in [-0.4, -0.2) is 22.3 Å². The zero-order chi connectivity index (χ0) is 20.6. The van der Waals surface area contributed by atoms with Gasteiger partial charge in [0.05, 0.1) is 23.4 Å². The quantitative estimate of drug-likeness (QED) is 0.669. The number of rotatable bonds is 4. The molecular formula is C18H15F4N3O2S. The van der Waals surface area contributed by atoms with Gasteiger partial charge in [-0.2, -0.15) is 13.2 Å². The highest BCUT2D eigenvalue weighted by Gasteiger charge is 2.34. The molecule has 28 heavy (non-hydrogen) atoms. The average molecular weight is 413 g/mol. The van der Waals surface area contributed by atoms with Crippen LogP contribution in [0, 0.1) is 12.7 Å². The average Bonchev–Trinajstić information content (AvgIpc) is 2.91. The number of alkyl halides is 3. The second kappa shape index (κ2) is 7.34. The summed E-state index contributed by atoms with van der Waals surface area (Å²) in [7, 11) is 1.48. The molecule has 0 aliphatic heterocycles. The van der Waals surface area contributed by atoms with Crippen molar-refractivity contribution in [2.45, 2.75) is 25.9 Å². The van der Waals surface area contributed by atoms with Crippen LogP contribution in [0.1, 0.15) is 27.4 Å². The fourth-order valence-corrected chi connectivity index (χ4v) is 3.85. The molecular weight excluding hydrogens is 398 g/mol. The van der Waals surface area contributed by atoms with Gasteiger partial charge in [-0.25, -0.2) is 9.37 Å². The SMILES string of the molecule is CNC(=O)Cc1c(C)sc2nc(Cc3cccc(C(F)(F)F)c3F)cc(=O)n12. The van der Waals surface area contributed by atoms with Crippen molar-refractivity contribution in [1.29, 1.82) is 0 Å². The van der Waals surface area contributed by atoms with Gasteiger partial charge in [-0.15, -0.1) is 11.3 Å². The summed E-state index contributed by atoms with van der Waals surface area (Å²) in [4.78, 5) is 29.5. The first-order valence-electron chi connectivity index (χ1n) is 8.18. The lowest BCUT2D eigenvalue weighted by molar-refractivity contribution is -0.140. The molecule has 0 aliphatic carbocycles. The fraction of sp³-hybridized carbons (Fsp3) is 0.278. The van der Waals surface area contributed by atoms with Crippen LogP contribution >= 0.6 is 11.3 Å². The van der Waals surface area contributed by atoms with Gasteiger partial charge >= 0.3 is 6.18 Å². The Labute approximate surface area is 160 Å². The predicted molar refractivity (Wildman–Crippen MR) is 96.1 cm³/mol. The summed E-state index contributed by atoms with van der Waals surface area (Å²) < 4.78 is 54.2. The highest BCUT2D eigenvalue weighted by Crippen LogP contribution is 2.33. The van der Waals surface area contributed by atoms with E-state index in [9.17, 15) is 27.2 Å². The maximum Gasteiger partial charge on any atom is 0.419 e. The molecule has 0 aliphatic rings. The minimum Gasteiger partial charge on any atom is -0.359 e. The van der Waals surface area contributed by atoms with Gasteiger partial charge in [-0.1, -0.05) is 12.1 Å². The Morgan fingerprint density at radius 3 is 2.68 bits per heavy atom. The lowest BCUT2D eigenvalue weighted by Crippen LogP contribution is -2.24. The topological polar surface area (TPSA) is 63.5 Å². The maximum absolute atomic E-state index is 14.2. The van der Waals surface area contributed by atoms with Gasteiger partial charge in [-0.05, 0) is 18.6 Å². The highest BCUT2D eigenvalue weighted by atomic mass is 32.1. The monoisotopic (exact) mass is 413 g/mol. The molecule has 0 saturated carbocycles. The van der Waals surface area contributed by atoms with Crippen molar-refractivity contribution in [3.05, 3.63) is 67.8 Å². The Hall–Kier alpha value is -2.75. The number of hydrogen-bond acceptors (Lipinski definition) is 4. The number of carbonyl (C=O) groups excluding carboxylic acids is 1. The van der Waals surface area contributed by atoms with Gasteiger partial charge in [-0.3, -0.25) is 14.0 Å². The van der Waals surface area contributed by atoms with E-state index in [1.54, 1.807) is 6.92 Å². The first kappa shape index (κ1) is 20.0. The van der Waals surface area contributed by atoms with Crippen LogP contribution in [0.25, 0.3) is 4.96 Å². The van der Waals surface area contributed by atoms with Crippen LogP contribution in [0.15, 0.2) is 29.1 Å². The van der Waals surface area contributed by atoms with Gasteiger partial charge in [0, 0.05) is 24.4 Å². The second-order valence-electron chi connectivity index (χ2n) is 6.11. The fourth-order valence-electron chi connectivity index (χ4n) is 2.84. The molecule has 5 nitrogen and oxygen atoms in total. The Balaban J connectivity index is 2.03. The van der Waals surface area contributed by atoms with Crippen LogP contribution in [0.3, 0.4) is 0 Å². The molecule has 0 unspecified atom stereocenters. The lowest BCUT2D eigenvalue weighted by atomic mass is 10.0. The third kappa shape index (κ3) is 3.77. The van der Waals surface area contributed by atoms with E-state index in [-0.39, 0.29) is 30.0 Å². The second-order valence-corrected chi connectivity index (χ2v) is 7.29. The summed E-state index contributed by atoms with van der Waals surface area (Å²) in [5.74, 6) is -1.65. The number of thiazole rings is 1. The summed E-state index contributed by atoms with van der Waals surface area (Å²) >= 11 is 1.18. The van der Waals surface area contributed by atoms with Crippen molar-refractivity contribution in [2.75, 3.05) is 7.05 Å². The third-order valence-corrected chi connectivity index (χ3v) is 5.22. The first-order chi connectivity index (χ1) is 13.1. The smallest absolute Gasteiger partial charge is 0.359 e. The molecule has 0 bridgehead atoms. The number of aryl methyl sites for hydroxylation is 1. The Morgan fingerprint density at radius 1 is 1.32 bits per heavy atom. The van der Waals surface area contributed by atoms with Crippen LogP contribution in [0.2, 0.25) is 0 Å². The predicted octanol–water partition coefficient (Wildman–Crippen LogP) is 3.10. The number of nitrogens with zero attached hydrogens (tertiary/aromatic N) is 2. The number of halogens is 4. The molecule has 0 spiro atoms. The third-order valence-electron chi connectivity index (χ3n) is 4.22. The number of likely N-dealkylation sites (N-methyl/N-ethyl adjacent to an activating group) is 1. The molecule has 0 radical (unpaired) electrons. The van der Waals surface area contributed by atoms with Crippen molar-refractivity contribution in [3.63, 3.8) is 0 Å². The number of amides is 1. The molecule has 3 aromatic rings. The molecule has 0 atom stereocenters. The van der Waals surface area contributed by atoms with Gasteiger partial charge in [0.1, 0.15) is 5.82 Å². The zero-order valence-electron chi connectivity index (χ0n) is 14.9. The normalized spacial score (nSPS) is 11.8. The molecule has 3 rings (SSSR count). The number of aromatic nitrogens is 2. The molecule has 10 heteroatoms. The Morgan fingerprint density at radius 2 is 2.04 bits per heavy atom. The van der Waals surface area contributed by atoms with E-state index < -0.39 is 23.1 Å². The number of nitrogens with one attached hydrogen (secondary N) is 1. The van der Waals surface area contributed by atoms with E-state index in [1.807, 2.05) is 0 Å². The van der Waals surface area contributed by atoms with E-state index in [0.717, 1.165) is 17.0 Å². The largest absolute Gasteiger partial charge is 0.419 e. The maximum atomic E-state index is 14.2. The van der Waals surface area contributed by atoms with E-state index in [1.165, 1.54) is 28.9 Å². The van der Waals surface area contributed by atoms with E-state index in [0.29, 0.717) is 16.7 Å². The van der Waals surface area contributed by atoms with Crippen LogP contribution in [-0.2, 0) is 23.8 Å². The van der Waals surface area contributed by atoms with Crippen molar-refractivity contribution in [3.8, 4) is 0 Å². The standard InChI is InChI=1S/C18H15F4N3O2S/c1-9-13(8-14(26)23-2)25-15(27)7-11(24-17(25)28-9)6-10-4-3-5-12(16(10)19)18(20,21)22/h3-5,7H,6,8H2,1-2H3,(H,23,26). The van der Waals surface area contributed by atoms with Gasteiger partial charge in [0.15, 0.2) is 4.96 Å². The summed E-state index contributed by atoms with van der Waals surface area (Å²) in [6.07, 6.45) is -5.08.